The van der Waals surface area contributed by atoms with Crippen LogP contribution in [0.15, 0.2) is 41.3 Å². The maximum Gasteiger partial charge on any atom is 0.244 e. The van der Waals surface area contributed by atoms with E-state index in [2.05, 4.69) is 5.32 Å². The number of benzene rings is 2. The van der Waals surface area contributed by atoms with E-state index in [9.17, 15) is 13.2 Å². The summed E-state index contributed by atoms with van der Waals surface area (Å²) in [7, 11) is -0.849. The molecule has 1 fully saturated rings. The van der Waals surface area contributed by atoms with Gasteiger partial charge in [0.15, 0.2) is 0 Å². The molecule has 162 valence electrons. The molecule has 1 heterocycles. The number of hydrogen-bond acceptors (Lipinski definition) is 5. The zero-order valence-electron chi connectivity index (χ0n) is 16.5. The number of hydrogen-bond donors (Lipinski definition) is 1. The summed E-state index contributed by atoms with van der Waals surface area (Å²) in [5.41, 5.74) is 0.487. The molecule has 30 heavy (non-hydrogen) atoms. The normalized spacial score (nSPS) is 17.4. The van der Waals surface area contributed by atoms with Crippen LogP contribution in [0.3, 0.4) is 0 Å². The highest BCUT2D eigenvalue weighted by atomic mass is 35.5. The van der Waals surface area contributed by atoms with Crippen LogP contribution in [0.2, 0.25) is 10.0 Å². The van der Waals surface area contributed by atoms with Crippen LogP contribution in [0.5, 0.6) is 11.5 Å². The molecule has 0 radical (unpaired) electrons. The van der Waals surface area contributed by atoms with Crippen molar-refractivity contribution >= 4 is 44.8 Å². The van der Waals surface area contributed by atoms with Crippen molar-refractivity contribution in [3.05, 3.63) is 46.4 Å². The number of halogens is 2. The molecule has 0 spiro atoms. The van der Waals surface area contributed by atoms with E-state index in [1.165, 1.54) is 36.7 Å². The number of sulfonamides is 1. The van der Waals surface area contributed by atoms with E-state index in [1.54, 1.807) is 18.2 Å². The van der Waals surface area contributed by atoms with Gasteiger partial charge in [0.25, 0.3) is 0 Å². The number of piperidine rings is 1. The van der Waals surface area contributed by atoms with E-state index in [0.29, 0.717) is 36.6 Å². The standard InChI is InChI=1S/C20H22Cl2N2O5S/c1-28-15-6-8-17(18(11-15)29-2)23-20(25)13-4-3-9-24(12-13)30(26,27)19-10-14(21)5-7-16(19)22/h5-8,10-11,13H,3-4,9,12H2,1-2H3,(H,23,25). The van der Waals surface area contributed by atoms with E-state index in [0.717, 1.165) is 0 Å². The van der Waals surface area contributed by atoms with Gasteiger partial charge in [-0.25, -0.2) is 8.42 Å². The second-order valence-corrected chi connectivity index (χ2v) is 9.58. The maximum atomic E-state index is 13.1. The van der Waals surface area contributed by atoms with Crippen LogP contribution in [0, 0.1) is 5.92 Å². The third kappa shape index (κ3) is 4.83. The van der Waals surface area contributed by atoms with Gasteiger partial charge in [-0.3, -0.25) is 4.79 Å². The largest absolute Gasteiger partial charge is 0.497 e. The Labute approximate surface area is 185 Å². The van der Waals surface area contributed by atoms with Crippen molar-refractivity contribution in [3.8, 4) is 11.5 Å². The van der Waals surface area contributed by atoms with E-state index >= 15 is 0 Å². The van der Waals surface area contributed by atoms with Gasteiger partial charge in [0.2, 0.25) is 15.9 Å². The van der Waals surface area contributed by atoms with Crippen molar-refractivity contribution in [2.45, 2.75) is 17.7 Å². The van der Waals surface area contributed by atoms with Crippen molar-refractivity contribution in [3.63, 3.8) is 0 Å². The van der Waals surface area contributed by atoms with Crippen molar-refractivity contribution in [2.24, 2.45) is 5.92 Å². The molecule has 0 saturated carbocycles. The fourth-order valence-corrected chi connectivity index (χ4v) is 5.59. The van der Waals surface area contributed by atoms with Gasteiger partial charge in [-0.1, -0.05) is 23.2 Å². The molecule has 2 aromatic rings. The fraction of sp³-hybridized carbons (Fsp3) is 0.350. The summed E-state index contributed by atoms with van der Waals surface area (Å²) in [4.78, 5) is 12.8. The summed E-state index contributed by atoms with van der Waals surface area (Å²) in [6.45, 7) is 0.357. The van der Waals surface area contributed by atoms with E-state index < -0.39 is 15.9 Å². The molecular formula is C20H22Cl2N2O5S. The SMILES string of the molecule is COc1ccc(NC(=O)C2CCCN(S(=O)(=O)c3cc(Cl)ccc3Cl)C2)c(OC)c1. The summed E-state index contributed by atoms with van der Waals surface area (Å²) >= 11 is 12.1. The van der Waals surface area contributed by atoms with Gasteiger partial charge < -0.3 is 14.8 Å². The first-order valence-electron chi connectivity index (χ1n) is 9.24. The number of methoxy groups -OCH3 is 2. The molecule has 1 amide bonds. The average Bonchev–Trinajstić information content (AvgIpc) is 2.75. The third-order valence-electron chi connectivity index (χ3n) is 4.93. The van der Waals surface area contributed by atoms with E-state index in [-0.39, 0.29) is 27.4 Å². The lowest BCUT2D eigenvalue weighted by molar-refractivity contribution is -0.120. The van der Waals surface area contributed by atoms with Gasteiger partial charge in [-0.2, -0.15) is 4.31 Å². The summed E-state index contributed by atoms with van der Waals surface area (Å²) in [6.07, 6.45) is 1.12. The molecule has 0 bridgehead atoms. The molecule has 1 saturated heterocycles. The van der Waals surface area contributed by atoms with E-state index in [1.807, 2.05) is 0 Å². The Morgan fingerprint density at radius 1 is 1.13 bits per heavy atom. The zero-order chi connectivity index (χ0) is 21.9. The minimum atomic E-state index is -3.88. The third-order valence-corrected chi connectivity index (χ3v) is 7.51. The molecule has 7 nitrogen and oxygen atoms in total. The summed E-state index contributed by atoms with van der Waals surface area (Å²) < 4.78 is 37.9. The predicted octanol–water partition coefficient (Wildman–Crippen LogP) is 4.05. The first-order valence-corrected chi connectivity index (χ1v) is 11.4. The lowest BCUT2D eigenvalue weighted by Gasteiger charge is -2.31. The van der Waals surface area contributed by atoms with Gasteiger partial charge >= 0.3 is 0 Å². The fourth-order valence-electron chi connectivity index (χ4n) is 3.33. The monoisotopic (exact) mass is 472 g/mol. The van der Waals surface area contributed by atoms with Crippen LogP contribution in [0.25, 0.3) is 0 Å². The quantitative estimate of drug-likeness (QED) is 0.685. The highest BCUT2D eigenvalue weighted by Crippen LogP contribution is 2.32. The summed E-state index contributed by atoms with van der Waals surface area (Å²) in [5.74, 6) is 0.251. The lowest BCUT2D eigenvalue weighted by atomic mass is 9.98. The van der Waals surface area contributed by atoms with Gasteiger partial charge in [-0.15, -0.1) is 0 Å². The van der Waals surface area contributed by atoms with Gasteiger partial charge in [0.05, 0.1) is 30.8 Å². The molecule has 2 aromatic carbocycles. The summed E-state index contributed by atoms with van der Waals surface area (Å²) in [6, 6.07) is 9.34. The smallest absolute Gasteiger partial charge is 0.244 e. The first-order chi connectivity index (χ1) is 14.3. The summed E-state index contributed by atoms with van der Waals surface area (Å²) in [5, 5.41) is 3.19. The molecule has 0 aromatic heterocycles. The second kappa shape index (κ2) is 9.43. The Morgan fingerprint density at radius 3 is 2.60 bits per heavy atom. The van der Waals surface area contributed by atoms with Gasteiger partial charge in [0.1, 0.15) is 16.4 Å². The number of carbonyl (C=O) groups is 1. The molecular weight excluding hydrogens is 451 g/mol. The van der Waals surface area contributed by atoms with Crippen molar-refractivity contribution in [2.75, 3.05) is 32.6 Å². The Morgan fingerprint density at radius 2 is 1.90 bits per heavy atom. The predicted molar refractivity (Wildman–Crippen MR) is 116 cm³/mol. The minimum Gasteiger partial charge on any atom is -0.497 e. The van der Waals surface area contributed by atoms with Crippen LogP contribution in [0.4, 0.5) is 5.69 Å². The molecule has 1 aliphatic heterocycles. The van der Waals surface area contributed by atoms with Gasteiger partial charge in [-0.05, 0) is 43.2 Å². The first kappa shape index (κ1) is 22.7. The highest BCUT2D eigenvalue weighted by Gasteiger charge is 2.34. The Bertz CT molecular complexity index is 1050. The molecule has 1 aliphatic rings. The van der Waals surface area contributed by atoms with Crippen LogP contribution in [0.1, 0.15) is 12.8 Å². The molecule has 1 atom stereocenters. The number of rotatable bonds is 6. The second-order valence-electron chi connectivity index (χ2n) is 6.83. The molecule has 10 heteroatoms. The molecule has 3 rings (SSSR count). The topological polar surface area (TPSA) is 84.9 Å². The molecule has 1 unspecified atom stereocenters. The number of anilines is 1. The Hall–Kier alpha value is -2.00. The molecule has 1 N–H and O–H groups in total. The Balaban J connectivity index is 1.77. The maximum absolute atomic E-state index is 13.1. The average molecular weight is 473 g/mol. The van der Waals surface area contributed by atoms with Crippen LogP contribution >= 0.6 is 23.2 Å². The number of nitrogens with one attached hydrogen (secondary N) is 1. The number of carbonyl (C=O) groups excluding carboxylic acids is 1. The number of ether oxygens (including phenoxy) is 2. The zero-order valence-corrected chi connectivity index (χ0v) is 18.9. The van der Waals surface area contributed by atoms with Crippen molar-refractivity contribution in [1.82, 2.24) is 4.31 Å². The minimum absolute atomic E-state index is 0.0511. The van der Waals surface area contributed by atoms with E-state index in [4.69, 9.17) is 32.7 Å². The number of nitrogens with zero attached hydrogens (tertiary/aromatic N) is 1. The van der Waals surface area contributed by atoms with Gasteiger partial charge in [0, 0.05) is 24.2 Å². The van der Waals surface area contributed by atoms with Crippen molar-refractivity contribution in [1.29, 1.82) is 0 Å². The molecule has 0 aliphatic carbocycles. The number of amides is 1. The lowest BCUT2D eigenvalue weighted by Crippen LogP contribution is -2.43. The van der Waals surface area contributed by atoms with Crippen LogP contribution in [-0.4, -0.2) is 45.9 Å². The van der Waals surface area contributed by atoms with Crippen LogP contribution in [-0.2, 0) is 14.8 Å². The Kier molecular flexibility index (Phi) is 7.13. The van der Waals surface area contributed by atoms with Crippen molar-refractivity contribution < 1.29 is 22.7 Å². The van der Waals surface area contributed by atoms with Crippen LogP contribution < -0.4 is 14.8 Å². The highest BCUT2D eigenvalue weighted by molar-refractivity contribution is 7.89.